The molecule has 0 unspecified atom stereocenters. The molecule has 0 fully saturated rings. The van der Waals surface area contributed by atoms with Crippen molar-refractivity contribution in [1.29, 1.82) is 0 Å². The summed E-state index contributed by atoms with van der Waals surface area (Å²) in [4.78, 5) is 15.9. The van der Waals surface area contributed by atoms with Gasteiger partial charge in [-0.05, 0) is 69.3 Å². The molecule has 4 nitrogen and oxygen atoms in total. The van der Waals surface area contributed by atoms with E-state index in [9.17, 15) is 0 Å². The molecule has 3 heterocycles. The van der Waals surface area contributed by atoms with Crippen LogP contribution in [0, 0.1) is 0 Å². The number of pyridine rings is 1. The molecule has 0 aliphatic heterocycles. The highest BCUT2D eigenvalue weighted by Crippen LogP contribution is 2.46. The van der Waals surface area contributed by atoms with Gasteiger partial charge in [0.25, 0.3) is 0 Å². The van der Waals surface area contributed by atoms with E-state index >= 15 is 0 Å². The summed E-state index contributed by atoms with van der Waals surface area (Å²) in [5.74, 6) is 0.665. The lowest BCUT2D eigenvalue weighted by Crippen LogP contribution is -1.96. The Balaban J connectivity index is 0.907. The van der Waals surface area contributed by atoms with Gasteiger partial charge in [0.05, 0.1) is 22.6 Å². The summed E-state index contributed by atoms with van der Waals surface area (Å²) in [6, 6.07) is 87.4. The first-order valence-electron chi connectivity index (χ1n) is 23.3. The molecule has 0 spiro atoms. The third-order valence-corrected chi connectivity index (χ3v) is 13.3. The maximum Gasteiger partial charge on any atom is 0.160 e. The Morgan fingerprint density at radius 1 is 0.261 bits per heavy atom. The van der Waals surface area contributed by atoms with Gasteiger partial charge >= 0.3 is 0 Å². The van der Waals surface area contributed by atoms with Crippen LogP contribution in [-0.2, 0) is 0 Å². The van der Waals surface area contributed by atoms with Crippen molar-refractivity contribution in [1.82, 2.24) is 15.0 Å². The molecule has 0 aliphatic carbocycles. The number of hydrogen-bond acceptors (Lipinski definition) is 4. The smallest absolute Gasteiger partial charge is 0.160 e. The minimum atomic E-state index is 0.665. The summed E-state index contributed by atoms with van der Waals surface area (Å²) in [5.41, 5.74) is 18.4. The number of rotatable bonds is 8. The summed E-state index contributed by atoms with van der Waals surface area (Å²) in [5, 5.41) is 5.54. The average molecular weight is 880 g/mol. The third-order valence-electron chi connectivity index (χ3n) is 13.3. The SMILES string of the molecule is c1ccc(-c2ccc(-c3cc(-c4ccc(-c5ccccc5)cc4)nc(-c4cccc(-c5ccc(-c6nc7ccccc7c7c(-c8ccccc8)c8c(cc67)oc6ccccc68)cc5)c4)n3)cc2)cc1. The van der Waals surface area contributed by atoms with Gasteiger partial charge < -0.3 is 4.42 Å². The fraction of sp³-hybridized carbons (Fsp3) is 0. The van der Waals surface area contributed by atoms with E-state index < -0.39 is 0 Å². The standard InChI is InChI=1S/C65H41N3O/c1-4-15-42(16-5-1)44-27-33-47(34-28-44)57-41-58(48-35-29-45(30-36-48)43-17-6-2-7-18-43)68-65(67-57)52-22-14-21-51(39-52)46-31-37-50(38-32-46)64-55-40-60-63(54-24-11-13-26-59(54)69-60)61(49-19-8-3-9-20-49)62(55)53-23-10-12-25-56(53)66-64/h1-41H. The molecule has 0 amide bonds. The van der Waals surface area contributed by atoms with Gasteiger partial charge in [0.1, 0.15) is 11.2 Å². The van der Waals surface area contributed by atoms with Crippen molar-refractivity contribution < 1.29 is 4.42 Å². The Labute approximate surface area is 399 Å². The summed E-state index contributed by atoms with van der Waals surface area (Å²) >= 11 is 0. The molecule has 0 saturated carbocycles. The Bertz CT molecular complexity index is 3910. The predicted octanol–water partition coefficient (Wildman–Crippen LogP) is 17.4. The van der Waals surface area contributed by atoms with Crippen LogP contribution in [0.2, 0.25) is 0 Å². The van der Waals surface area contributed by atoms with Gasteiger partial charge in [-0.1, -0.05) is 218 Å². The van der Waals surface area contributed by atoms with E-state index in [4.69, 9.17) is 19.4 Å². The molecule has 322 valence electrons. The van der Waals surface area contributed by atoms with Gasteiger partial charge in [0, 0.05) is 54.7 Å². The van der Waals surface area contributed by atoms with E-state index in [0.29, 0.717) is 5.82 Å². The van der Waals surface area contributed by atoms with Gasteiger partial charge in [-0.3, -0.25) is 0 Å². The van der Waals surface area contributed by atoms with Crippen LogP contribution in [0.15, 0.2) is 253 Å². The van der Waals surface area contributed by atoms with Gasteiger partial charge in [0.15, 0.2) is 5.82 Å². The number of aromatic nitrogens is 3. The fourth-order valence-electron chi connectivity index (χ4n) is 9.89. The largest absolute Gasteiger partial charge is 0.456 e. The highest BCUT2D eigenvalue weighted by molar-refractivity contribution is 6.27. The lowest BCUT2D eigenvalue weighted by Gasteiger charge is -2.16. The van der Waals surface area contributed by atoms with Gasteiger partial charge in [-0.2, -0.15) is 0 Å². The zero-order valence-electron chi connectivity index (χ0n) is 37.4. The van der Waals surface area contributed by atoms with Gasteiger partial charge in [0.2, 0.25) is 0 Å². The van der Waals surface area contributed by atoms with Gasteiger partial charge in [-0.25, -0.2) is 15.0 Å². The average Bonchev–Trinajstić information content (AvgIpc) is 3.81. The first-order chi connectivity index (χ1) is 34.2. The monoisotopic (exact) mass is 879 g/mol. The molecule has 0 N–H and O–H groups in total. The first kappa shape index (κ1) is 40.1. The van der Waals surface area contributed by atoms with Crippen molar-refractivity contribution in [2.45, 2.75) is 0 Å². The minimum Gasteiger partial charge on any atom is -0.456 e. The molecule has 0 radical (unpaired) electrons. The molecule has 0 aliphatic rings. The topological polar surface area (TPSA) is 51.8 Å². The van der Waals surface area contributed by atoms with E-state index in [-0.39, 0.29) is 0 Å². The lowest BCUT2D eigenvalue weighted by atomic mass is 9.89. The van der Waals surface area contributed by atoms with Crippen molar-refractivity contribution >= 4 is 43.6 Å². The number of para-hydroxylation sites is 2. The molecule has 10 aromatic carbocycles. The molecule has 4 heteroatoms. The maximum atomic E-state index is 6.62. The quantitative estimate of drug-likeness (QED) is 0.143. The maximum absolute atomic E-state index is 6.62. The van der Waals surface area contributed by atoms with E-state index in [1.807, 2.05) is 18.2 Å². The molecular formula is C65H41N3O. The van der Waals surface area contributed by atoms with Crippen LogP contribution >= 0.6 is 0 Å². The van der Waals surface area contributed by atoms with Crippen LogP contribution in [0.5, 0.6) is 0 Å². The van der Waals surface area contributed by atoms with Crippen molar-refractivity contribution in [3.63, 3.8) is 0 Å². The number of fused-ring (bicyclic) bond motifs is 6. The van der Waals surface area contributed by atoms with Gasteiger partial charge in [-0.15, -0.1) is 0 Å². The van der Waals surface area contributed by atoms with Crippen LogP contribution in [0.25, 0.3) is 133 Å². The van der Waals surface area contributed by atoms with Crippen molar-refractivity contribution in [3.05, 3.63) is 249 Å². The Hall–Kier alpha value is -9.25. The Morgan fingerprint density at radius 2 is 0.725 bits per heavy atom. The van der Waals surface area contributed by atoms with Crippen LogP contribution in [0.4, 0.5) is 0 Å². The molecule has 0 saturated heterocycles. The molecule has 3 aromatic heterocycles. The Morgan fingerprint density at radius 3 is 1.35 bits per heavy atom. The summed E-state index contributed by atoms with van der Waals surface area (Å²) in [6.45, 7) is 0. The highest BCUT2D eigenvalue weighted by atomic mass is 16.3. The van der Waals surface area contributed by atoms with Crippen molar-refractivity contribution in [3.8, 4) is 89.7 Å². The molecule has 69 heavy (non-hydrogen) atoms. The van der Waals surface area contributed by atoms with E-state index in [1.54, 1.807) is 0 Å². The molecular weight excluding hydrogens is 839 g/mol. The van der Waals surface area contributed by atoms with E-state index in [1.165, 1.54) is 16.5 Å². The third kappa shape index (κ3) is 7.32. The number of benzene rings is 10. The Kier molecular flexibility index (Phi) is 9.80. The second kappa shape index (κ2) is 16.9. The molecule has 0 atom stereocenters. The first-order valence-corrected chi connectivity index (χ1v) is 23.3. The zero-order chi connectivity index (χ0) is 45.7. The second-order valence-corrected chi connectivity index (χ2v) is 17.5. The number of furan rings is 1. The van der Waals surface area contributed by atoms with Crippen molar-refractivity contribution in [2.75, 3.05) is 0 Å². The normalized spacial score (nSPS) is 11.5. The summed E-state index contributed by atoms with van der Waals surface area (Å²) < 4.78 is 6.62. The van der Waals surface area contributed by atoms with Crippen molar-refractivity contribution in [2.24, 2.45) is 0 Å². The minimum absolute atomic E-state index is 0.665. The lowest BCUT2D eigenvalue weighted by molar-refractivity contribution is 0.669. The number of nitrogens with zero attached hydrogens (tertiary/aromatic N) is 3. The predicted molar refractivity (Wildman–Crippen MR) is 286 cm³/mol. The van der Waals surface area contributed by atoms with Crippen LogP contribution < -0.4 is 0 Å². The highest BCUT2D eigenvalue weighted by Gasteiger charge is 2.22. The molecule has 13 rings (SSSR count). The fourth-order valence-corrected chi connectivity index (χ4v) is 9.89. The second-order valence-electron chi connectivity index (χ2n) is 17.5. The van der Waals surface area contributed by atoms with Crippen LogP contribution in [0.1, 0.15) is 0 Å². The molecule has 0 bridgehead atoms. The van der Waals surface area contributed by atoms with E-state index in [2.05, 4.69) is 231 Å². The number of hydrogen-bond donors (Lipinski definition) is 0. The van der Waals surface area contributed by atoms with Crippen LogP contribution in [0.3, 0.4) is 0 Å². The molecule has 13 aromatic rings. The zero-order valence-corrected chi connectivity index (χ0v) is 37.4. The summed E-state index contributed by atoms with van der Waals surface area (Å²) in [6.07, 6.45) is 0. The van der Waals surface area contributed by atoms with Crippen LogP contribution in [-0.4, -0.2) is 15.0 Å². The van der Waals surface area contributed by atoms with E-state index in [0.717, 1.165) is 111 Å². The summed E-state index contributed by atoms with van der Waals surface area (Å²) in [7, 11) is 0.